The van der Waals surface area contributed by atoms with Gasteiger partial charge in [-0.1, -0.05) is 6.07 Å². The van der Waals surface area contributed by atoms with Crippen LogP contribution < -0.4 is 11.1 Å². The monoisotopic (exact) mass is 389 g/mol. The molecular formula is C18H14F3N5O2. The first-order valence-electron chi connectivity index (χ1n) is 8.02. The number of benzene rings is 1. The van der Waals surface area contributed by atoms with Crippen molar-refractivity contribution in [2.45, 2.75) is 11.7 Å². The number of nitrogens with zero attached hydrogens (tertiary/aromatic N) is 3. The lowest BCUT2D eigenvalue weighted by atomic mass is 9.86. The molecule has 1 aromatic carbocycles. The van der Waals surface area contributed by atoms with Crippen LogP contribution in [-0.4, -0.2) is 36.4 Å². The molecule has 0 bridgehead atoms. The highest BCUT2D eigenvalue weighted by Gasteiger charge is 2.47. The van der Waals surface area contributed by atoms with Gasteiger partial charge in [0.2, 0.25) is 5.69 Å². The summed E-state index contributed by atoms with van der Waals surface area (Å²) in [4.78, 5) is 23.0. The Morgan fingerprint density at radius 3 is 2.86 bits per heavy atom. The molecule has 10 heteroatoms. The Bertz CT molecular complexity index is 974. The van der Waals surface area contributed by atoms with Crippen LogP contribution in [0, 0.1) is 12.4 Å². The largest absolute Gasteiger partial charge is 0.462 e. The average molecular weight is 389 g/mol. The zero-order valence-corrected chi connectivity index (χ0v) is 14.3. The van der Waals surface area contributed by atoms with E-state index >= 15 is 0 Å². The van der Waals surface area contributed by atoms with Crippen molar-refractivity contribution in [1.82, 2.24) is 4.98 Å². The number of hydrogen-bond acceptors (Lipinski definition) is 5. The van der Waals surface area contributed by atoms with Gasteiger partial charge in [0.25, 0.3) is 11.9 Å². The molecule has 0 fully saturated rings. The van der Waals surface area contributed by atoms with Crippen LogP contribution in [0.15, 0.2) is 41.5 Å². The van der Waals surface area contributed by atoms with Crippen molar-refractivity contribution in [2.24, 2.45) is 10.7 Å². The molecule has 1 amide bonds. The smallest absolute Gasteiger partial charge is 0.283 e. The van der Waals surface area contributed by atoms with Gasteiger partial charge in [0.1, 0.15) is 24.8 Å². The highest BCUT2D eigenvalue weighted by atomic mass is 19.1. The Labute approximate surface area is 157 Å². The first kappa shape index (κ1) is 19.2. The number of aromatic nitrogens is 1. The number of hydrogen-bond donors (Lipinski definition) is 2. The number of alkyl halides is 2. The molecule has 28 heavy (non-hydrogen) atoms. The van der Waals surface area contributed by atoms with Crippen LogP contribution in [0.2, 0.25) is 0 Å². The second kappa shape index (κ2) is 7.56. The summed E-state index contributed by atoms with van der Waals surface area (Å²) >= 11 is 0. The minimum Gasteiger partial charge on any atom is -0.462 e. The third kappa shape index (κ3) is 3.46. The minimum atomic E-state index is -2.21. The van der Waals surface area contributed by atoms with E-state index in [0.29, 0.717) is 0 Å². The average Bonchev–Trinajstić information content (AvgIpc) is 2.71. The number of nitrogens with one attached hydrogen (secondary N) is 1. The number of halogens is 3. The van der Waals surface area contributed by atoms with E-state index in [1.165, 1.54) is 24.4 Å². The van der Waals surface area contributed by atoms with Gasteiger partial charge in [-0.25, -0.2) is 23.0 Å². The summed E-state index contributed by atoms with van der Waals surface area (Å²) in [5.74, 6) is -1.55. The third-order valence-electron chi connectivity index (χ3n) is 4.21. The fourth-order valence-corrected chi connectivity index (χ4v) is 2.73. The fourth-order valence-electron chi connectivity index (χ4n) is 2.73. The van der Waals surface area contributed by atoms with E-state index in [4.69, 9.17) is 17.0 Å². The molecule has 1 aliphatic rings. The van der Waals surface area contributed by atoms with Crippen molar-refractivity contribution < 1.29 is 22.7 Å². The summed E-state index contributed by atoms with van der Waals surface area (Å²) in [5, 5.41) is 2.47. The number of rotatable bonds is 4. The molecule has 7 nitrogen and oxygen atoms in total. The molecule has 2 heterocycles. The lowest BCUT2D eigenvalue weighted by molar-refractivity contribution is 0.0664. The number of carbonyl (C=O) groups excluding carboxylic acids is 1. The number of pyridine rings is 1. The second-order valence-corrected chi connectivity index (χ2v) is 5.95. The number of carbonyl (C=O) groups is 1. The first-order chi connectivity index (χ1) is 13.4. The molecule has 0 radical (unpaired) electrons. The highest BCUT2D eigenvalue weighted by molar-refractivity contribution is 6.03. The Hall–Kier alpha value is -3.61. The number of aliphatic imine (C=N–C) groups is 1. The Morgan fingerprint density at radius 2 is 2.21 bits per heavy atom. The molecule has 0 spiro atoms. The molecule has 1 aliphatic heterocycles. The van der Waals surface area contributed by atoms with Gasteiger partial charge in [0, 0.05) is 17.4 Å². The van der Waals surface area contributed by atoms with Crippen LogP contribution >= 0.6 is 0 Å². The molecule has 0 saturated heterocycles. The third-order valence-corrected chi connectivity index (χ3v) is 4.21. The van der Waals surface area contributed by atoms with Crippen LogP contribution in [0.4, 0.5) is 24.5 Å². The fraction of sp³-hybridized carbons (Fsp3) is 0.222. The Balaban J connectivity index is 1.94. The molecule has 0 unspecified atom stereocenters. The van der Waals surface area contributed by atoms with Crippen molar-refractivity contribution >= 4 is 23.3 Å². The maximum absolute atomic E-state index is 14.5. The number of ether oxygens (including phenoxy) is 1. The van der Waals surface area contributed by atoms with Gasteiger partial charge in [-0.2, -0.15) is 0 Å². The van der Waals surface area contributed by atoms with Crippen molar-refractivity contribution in [3.05, 3.63) is 65.0 Å². The summed E-state index contributed by atoms with van der Waals surface area (Å²) in [6, 6.07) is 5.59. The maximum Gasteiger partial charge on any atom is 0.283 e. The van der Waals surface area contributed by atoms with Crippen LogP contribution in [-0.2, 0) is 10.3 Å². The maximum atomic E-state index is 14.5. The zero-order valence-electron chi connectivity index (χ0n) is 14.3. The molecule has 2 aromatic rings. The van der Waals surface area contributed by atoms with Gasteiger partial charge in [0.05, 0.1) is 6.57 Å². The number of amidine groups is 1. The molecule has 3 rings (SSSR count). The molecule has 0 aliphatic carbocycles. The molecule has 3 N–H and O–H groups in total. The van der Waals surface area contributed by atoms with Crippen LogP contribution in [0.5, 0.6) is 0 Å². The molecule has 2 atom stereocenters. The first-order valence-corrected chi connectivity index (χ1v) is 8.02. The predicted molar refractivity (Wildman–Crippen MR) is 95.0 cm³/mol. The van der Waals surface area contributed by atoms with Gasteiger partial charge in [-0.3, -0.25) is 9.78 Å². The minimum absolute atomic E-state index is 0.00943. The second-order valence-electron chi connectivity index (χ2n) is 5.95. The molecule has 144 valence electrons. The van der Waals surface area contributed by atoms with Gasteiger partial charge < -0.3 is 15.8 Å². The zero-order chi connectivity index (χ0) is 20.3. The summed E-state index contributed by atoms with van der Waals surface area (Å²) in [6.45, 7) is 4.94. The van der Waals surface area contributed by atoms with Crippen LogP contribution in [0.3, 0.4) is 0 Å². The van der Waals surface area contributed by atoms with Crippen molar-refractivity contribution in [3.63, 3.8) is 0 Å². The van der Waals surface area contributed by atoms with Crippen molar-refractivity contribution in [3.8, 4) is 0 Å². The summed E-state index contributed by atoms with van der Waals surface area (Å²) in [5.41, 5.74) is 3.17. The quantitative estimate of drug-likeness (QED) is 0.787. The normalized spacial score (nSPS) is 21.2. The van der Waals surface area contributed by atoms with E-state index in [1.807, 2.05) is 0 Å². The van der Waals surface area contributed by atoms with E-state index in [1.54, 1.807) is 0 Å². The van der Waals surface area contributed by atoms with E-state index in [0.717, 1.165) is 12.1 Å². The Morgan fingerprint density at radius 1 is 1.43 bits per heavy atom. The SMILES string of the molecule is [C-]#[N+]c1ccc(C(=O)Nc2ccc(F)c([C@@]3(CF)N=C(N)OC[C@@H]3F)c2)nc1. The van der Waals surface area contributed by atoms with Crippen molar-refractivity contribution in [1.29, 1.82) is 0 Å². The standard InChI is InChI=1S/C18H14F3N5O2/c1-23-11-3-5-14(24-7-11)16(27)25-10-2-4-13(20)12(6-10)18(9-19)15(21)8-28-17(22)26-18/h2-7,15H,8-9H2,(H2,22,26)(H,25,27)/t15-,18+/m0/s1. The van der Waals surface area contributed by atoms with Gasteiger partial charge >= 0.3 is 0 Å². The van der Waals surface area contributed by atoms with Crippen LogP contribution in [0.1, 0.15) is 16.1 Å². The van der Waals surface area contributed by atoms with E-state index < -0.39 is 48.3 Å². The lowest BCUT2D eigenvalue weighted by Gasteiger charge is -2.34. The number of nitrogens with two attached hydrogens (primary N) is 1. The summed E-state index contributed by atoms with van der Waals surface area (Å²) in [7, 11) is 0. The molecule has 1 aromatic heterocycles. The summed E-state index contributed by atoms with van der Waals surface area (Å²) in [6.07, 6.45) is -0.753. The summed E-state index contributed by atoms with van der Waals surface area (Å²) < 4.78 is 47.4. The molecule has 0 saturated carbocycles. The van der Waals surface area contributed by atoms with Gasteiger partial charge in [0.15, 0.2) is 11.7 Å². The van der Waals surface area contributed by atoms with E-state index in [-0.39, 0.29) is 17.1 Å². The number of anilines is 1. The van der Waals surface area contributed by atoms with E-state index in [9.17, 15) is 18.0 Å². The molecular weight excluding hydrogens is 375 g/mol. The topological polar surface area (TPSA) is 94.0 Å². The van der Waals surface area contributed by atoms with Crippen LogP contribution in [0.25, 0.3) is 4.85 Å². The highest BCUT2D eigenvalue weighted by Crippen LogP contribution is 2.38. The van der Waals surface area contributed by atoms with E-state index in [2.05, 4.69) is 20.1 Å². The number of amides is 1. The van der Waals surface area contributed by atoms with Gasteiger partial charge in [-0.15, -0.1) is 0 Å². The predicted octanol–water partition coefficient (Wildman–Crippen LogP) is 2.87. The lowest BCUT2D eigenvalue weighted by Crippen LogP contribution is -2.47. The van der Waals surface area contributed by atoms with Gasteiger partial charge in [-0.05, 0) is 24.3 Å². The Kier molecular flexibility index (Phi) is 5.17. The van der Waals surface area contributed by atoms with Crippen molar-refractivity contribution in [2.75, 3.05) is 18.6 Å².